The van der Waals surface area contributed by atoms with Gasteiger partial charge >= 0.3 is 0 Å². The first-order valence-corrected chi connectivity index (χ1v) is 10.1. The van der Waals surface area contributed by atoms with Crippen LogP contribution < -0.4 is 10.7 Å². The second-order valence-electron chi connectivity index (χ2n) is 7.45. The van der Waals surface area contributed by atoms with Crippen LogP contribution in [0.4, 0.5) is 0 Å². The van der Waals surface area contributed by atoms with Crippen LogP contribution in [0.5, 0.6) is 0 Å². The van der Waals surface area contributed by atoms with Gasteiger partial charge in [-0.3, -0.25) is 9.59 Å². The summed E-state index contributed by atoms with van der Waals surface area (Å²) in [5.41, 5.74) is 3.86. The smallest absolute Gasteiger partial charge is 0.240 e. The van der Waals surface area contributed by atoms with Crippen molar-refractivity contribution < 1.29 is 4.79 Å². The Kier molecular flexibility index (Phi) is 4.36. The first kappa shape index (κ1) is 18.0. The molecule has 0 saturated carbocycles. The van der Waals surface area contributed by atoms with Crippen LogP contribution in [-0.4, -0.2) is 10.5 Å². The number of halogens is 1. The van der Waals surface area contributed by atoms with Crippen molar-refractivity contribution in [1.29, 1.82) is 0 Å². The molecule has 1 aliphatic carbocycles. The fourth-order valence-corrected chi connectivity index (χ4v) is 4.56. The van der Waals surface area contributed by atoms with Gasteiger partial charge in [0.25, 0.3) is 0 Å². The molecule has 1 unspecified atom stereocenters. The lowest BCUT2D eigenvalue weighted by atomic mass is 10.1. The Bertz CT molecular complexity index is 1270. The van der Waals surface area contributed by atoms with Gasteiger partial charge in [0, 0.05) is 15.8 Å². The number of nitrogens with one attached hydrogen (secondary N) is 1. The van der Waals surface area contributed by atoms with Crippen molar-refractivity contribution in [2.45, 2.75) is 25.4 Å². The maximum absolute atomic E-state index is 13.0. The van der Waals surface area contributed by atoms with Crippen LogP contribution in [0.2, 0.25) is 5.02 Å². The zero-order chi connectivity index (χ0) is 20.0. The van der Waals surface area contributed by atoms with Crippen molar-refractivity contribution in [2.75, 3.05) is 0 Å². The van der Waals surface area contributed by atoms with E-state index in [-0.39, 0.29) is 23.9 Å². The molecule has 1 heterocycles. The molecule has 1 amide bonds. The summed E-state index contributed by atoms with van der Waals surface area (Å²) in [7, 11) is 0. The van der Waals surface area contributed by atoms with Gasteiger partial charge in [0.15, 0.2) is 5.43 Å². The summed E-state index contributed by atoms with van der Waals surface area (Å²) in [4.78, 5) is 25.8. The standard InChI is InChI=1S/C24H19ClN2O2/c25-16-10-11-17-15(13-16)9-12-20(17)26-23(28)14-27-21-7-3-1-5-18(21)24(29)19-6-2-4-8-22(19)27/h1-8,10-11,13,20H,9,12,14H2,(H,26,28). The van der Waals surface area contributed by atoms with Crippen molar-refractivity contribution in [3.8, 4) is 0 Å². The number of hydrogen-bond acceptors (Lipinski definition) is 2. The molecule has 4 nitrogen and oxygen atoms in total. The summed E-state index contributed by atoms with van der Waals surface area (Å²) in [6.45, 7) is 0.154. The third-order valence-electron chi connectivity index (χ3n) is 5.70. The molecule has 29 heavy (non-hydrogen) atoms. The number of fused-ring (bicyclic) bond motifs is 3. The molecule has 0 spiro atoms. The summed E-state index contributed by atoms with van der Waals surface area (Å²) < 4.78 is 1.93. The van der Waals surface area contributed by atoms with Gasteiger partial charge in [-0.15, -0.1) is 0 Å². The van der Waals surface area contributed by atoms with E-state index in [1.54, 1.807) is 0 Å². The Morgan fingerprint density at radius 1 is 1.00 bits per heavy atom. The minimum absolute atomic E-state index is 0.00513. The van der Waals surface area contributed by atoms with Crippen LogP contribution >= 0.6 is 11.6 Å². The number of nitrogens with zero attached hydrogens (tertiary/aromatic N) is 1. The number of aromatic nitrogens is 1. The zero-order valence-corrected chi connectivity index (χ0v) is 16.4. The van der Waals surface area contributed by atoms with E-state index in [1.165, 1.54) is 5.56 Å². The summed E-state index contributed by atoms with van der Waals surface area (Å²) in [5, 5.41) is 5.14. The number of hydrogen-bond donors (Lipinski definition) is 1. The van der Waals surface area contributed by atoms with Crippen LogP contribution in [0.15, 0.2) is 71.5 Å². The van der Waals surface area contributed by atoms with E-state index in [9.17, 15) is 9.59 Å². The van der Waals surface area contributed by atoms with E-state index in [2.05, 4.69) is 5.32 Å². The molecule has 1 aromatic heterocycles. The summed E-state index contributed by atoms with van der Waals surface area (Å²) in [6.07, 6.45) is 1.78. The largest absolute Gasteiger partial charge is 0.348 e. The van der Waals surface area contributed by atoms with Crippen molar-refractivity contribution in [2.24, 2.45) is 0 Å². The second-order valence-corrected chi connectivity index (χ2v) is 7.89. The normalized spacial score (nSPS) is 15.6. The average molecular weight is 403 g/mol. The highest BCUT2D eigenvalue weighted by Gasteiger charge is 2.24. The number of carbonyl (C=O) groups excluding carboxylic acids is 1. The van der Waals surface area contributed by atoms with Gasteiger partial charge in [0.05, 0.1) is 17.1 Å². The number of para-hydroxylation sites is 2. The van der Waals surface area contributed by atoms with Gasteiger partial charge in [0.2, 0.25) is 5.91 Å². The molecular formula is C24H19ClN2O2. The molecule has 1 atom stereocenters. The average Bonchev–Trinajstić information content (AvgIpc) is 3.12. The van der Waals surface area contributed by atoms with Crippen molar-refractivity contribution >= 4 is 39.3 Å². The van der Waals surface area contributed by atoms with E-state index in [1.807, 2.05) is 71.3 Å². The molecule has 0 aliphatic heterocycles. The number of carbonyl (C=O) groups is 1. The predicted octanol–water partition coefficient (Wildman–Crippen LogP) is 4.61. The van der Waals surface area contributed by atoms with E-state index in [0.29, 0.717) is 10.8 Å². The summed E-state index contributed by atoms with van der Waals surface area (Å²) >= 11 is 6.09. The predicted molar refractivity (Wildman–Crippen MR) is 116 cm³/mol. The minimum atomic E-state index is -0.0724. The lowest BCUT2D eigenvalue weighted by Crippen LogP contribution is -2.31. The van der Waals surface area contributed by atoms with Gasteiger partial charge in [-0.1, -0.05) is 41.9 Å². The van der Waals surface area contributed by atoms with E-state index in [0.717, 1.165) is 34.5 Å². The lowest BCUT2D eigenvalue weighted by molar-refractivity contribution is -0.122. The van der Waals surface area contributed by atoms with Crippen LogP contribution in [0, 0.1) is 0 Å². The molecule has 3 aromatic carbocycles. The molecule has 0 radical (unpaired) electrons. The summed E-state index contributed by atoms with van der Waals surface area (Å²) in [5.74, 6) is -0.0724. The number of rotatable bonds is 3. The van der Waals surface area contributed by atoms with E-state index < -0.39 is 0 Å². The van der Waals surface area contributed by atoms with Crippen molar-refractivity contribution in [1.82, 2.24) is 9.88 Å². The Morgan fingerprint density at radius 3 is 2.34 bits per heavy atom. The Balaban J connectivity index is 1.51. The lowest BCUT2D eigenvalue weighted by Gasteiger charge is -2.18. The Hall–Kier alpha value is -3.11. The quantitative estimate of drug-likeness (QED) is 0.509. The van der Waals surface area contributed by atoms with Crippen molar-refractivity contribution in [3.05, 3.63) is 93.1 Å². The molecule has 0 fully saturated rings. The zero-order valence-electron chi connectivity index (χ0n) is 15.7. The van der Waals surface area contributed by atoms with Crippen LogP contribution in [0.1, 0.15) is 23.6 Å². The van der Waals surface area contributed by atoms with Gasteiger partial charge < -0.3 is 9.88 Å². The number of amides is 1. The van der Waals surface area contributed by atoms with Crippen LogP contribution in [-0.2, 0) is 17.8 Å². The Morgan fingerprint density at radius 2 is 1.66 bits per heavy atom. The molecule has 5 heteroatoms. The molecule has 0 saturated heterocycles. The van der Waals surface area contributed by atoms with E-state index >= 15 is 0 Å². The molecule has 0 bridgehead atoms. The second kappa shape index (κ2) is 7.05. The Labute approximate surface area is 172 Å². The van der Waals surface area contributed by atoms with Crippen molar-refractivity contribution in [3.63, 3.8) is 0 Å². The first-order valence-electron chi connectivity index (χ1n) is 9.70. The fraction of sp³-hybridized carbons (Fsp3) is 0.167. The SMILES string of the molecule is O=C(Cn1c2ccccc2c(=O)c2ccccc21)NC1CCc2cc(Cl)ccc21. The molecule has 5 rings (SSSR count). The number of aryl methyl sites for hydroxylation is 1. The summed E-state index contributed by atoms with van der Waals surface area (Å²) in [6, 6.07) is 20.7. The molecule has 144 valence electrons. The third kappa shape index (κ3) is 3.10. The minimum Gasteiger partial charge on any atom is -0.348 e. The number of benzene rings is 3. The van der Waals surface area contributed by atoms with Gasteiger partial charge in [-0.05, 0) is 60.4 Å². The van der Waals surface area contributed by atoms with E-state index in [4.69, 9.17) is 11.6 Å². The molecule has 1 N–H and O–H groups in total. The fourth-order valence-electron chi connectivity index (χ4n) is 4.37. The van der Waals surface area contributed by atoms with Crippen LogP contribution in [0.25, 0.3) is 21.8 Å². The molecular weight excluding hydrogens is 384 g/mol. The maximum atomic E-state index is 13.0. The van der Waals surface area contributed by atoms with Gasteiger partial charge in [0.1, 0.15) is 6.54 Å². The molecule has 1 aliphatic rings. The number of pyridine rings is 1. The molecule has 4 aromatic rings. The maximum Gasteiger partial charge on any atom is 0.240 e. The highest BCUT2D eigenvalue weighted by molar-refractivity contribution is 6.30. The highest BCUT2D eigenvalue weighted by atomic mass is 35.5. The third-order valence-corrected chi connectivity index (χ3v) is 5.93. The topological polar surface area (TPSA) is 51.1 Å². The van der Waals surface area contributed by atoms with Gasteiger partial charge in [-0.2, -0.15) is 0 Å². The first-order chi connectivity index (χ1) is 14.1. The highest BCUT2D eigenvalue weighted by Crippen LogP contribution is 2.33. The van der Waals surface area contributed by atoms with Gasteiger partial charge in [-0.25, -0.2) is 0 Å². The van der Waals surface area contributed by atoms with Crippen LogP contribution in [0.3, 0.4) is 0 Å². The monoisotopic (exact) mass is 402 g/mol.